The zero-order valence-corrected chi connectivity index (χ0v) is 11.7. The first-order valence-corrected chi connectivity index (χ1v) is 7.28. The van der Waals surface area contributed by atoms with Gasteiger partial charge in [0.2, 0.25) is 5.91 Å². The van der Waals surface area contributed by atoms with Crippen LogP contribution in [0.15, 0.2) is 0 Å². The Hall–Kier alpha value is -0.610. The lowest BCUT2D eigenvalue weighted by atomic mass is 10.0. The largest absolute Gasteiger partial charge is 0.383 e. The SMILES string of the molecule is CCC(COC)NC1CCN(C(=O)C2CC2)CC1. The molecule has 1 saturated heterocycles. The highest BCUT2D eigenvalue weighted by Crippen LogP contribution is 2.31. The Morgan fingerprint density at radius 3 is 2.50 bits per heavy atom. The van der Waals surface area contributed by atoms with Gasteiger partial charge in [-0.25, -0.2) is 0 Å². The van der Waals surface area contributed by atoms with Gasteiger partial charge in [-0.15, -0.1) is 0 Å². The summed E-state index contributed by atoms with van der Waals surface area (Å²) in [5.41, 5.74) is 0. The molecule has 1 saturated carbocycles. The third kappa shape index (κ3) is 3.69. The average molecular weight is 254 g/mol. The summed E-state index contributed by atoms with van der Waals surface area (Å²) in [4.78, 5) is 14.0. The van der Waals surface area contributed by atoms with Crippen LogP contribution in [0.1, 0.15) is 39.0 Å². The average Bonchev–Trinajstić information content (AvgIpc) is 3.22. The number of rotatable bonds is 6. The Kier molecular flexibility index (Phi) is 5.01. The van der Waals surface area contributed by atoms with Crippen LogP contribution in [0.25, 0.3) is 0 Å². The summed E-state index contributed by atoms with van der Waals surface area (Å²) in [5, 5.41) is 3.65. The van der Waals surface area contributed by atoms with Crippen LogP contribution in [-0.4, -0.2) is 49.7 Å². The molecule has 1 atom stereocenters. The molecule has 0 aromatic rings. The second-order valence-corrected chi connectivity index (χ2v) is 5.60. The number of carbonyl (C=O) groups excluding carboxylic acids is 1. The molecule has 0 aromatic heterocycles. The van der Waals surface area contributed by atoms with Crippen molar-refractivity contribution in [3.8, 4) is 0 Å². The van der Waals surface area contributed by atoms with Crippen LogP contribution in [0, 0.1) is 5.92 Å². The monoisotopic (exact) mass is 254 g/mol. The number of ether oxygens (including phenoxy) is 1. The van der Waals surface area contributed by atoms with Crippen LogP contribution >= 0.6 is 0 Å². The van der Waals surface area contributed by atoms with E-state index in [1.165, 1.54) is 0 Å². The smallest absolute Gasteiger partial charge is 0.225 e. The van der Waals surface area contributed by atoms with Gasteiger partial charge in [-0.05, 0) is 32.1 Å². The lowest BCUT2D eigenvalue weighted by molar-refractivity contribution is -0.133. The summed E-state index contributed by atoms with van der Waals surface area (Å²) in [7, 11) is 1.75. The Morgan fingerprint density at radius 2 is 2.00 bits per heavy atom. The predicted molar refractivity (Wildman–Crippen MR) is 71.4 cm³/mol. The summed E-state index contributed by atoms with van der Waals surface area (Å²) in [5.74, 6) is 0.767. The Morgan fingerprint density at radius 1 is 1.33 bits per heavy atom. The molecular weight excluding hydrogens is 228 g/mol. The van der Waals surface area contributed by atoms with E-state index in [1.54, 1.807) is 7.11 Å². The van der Waals surface area contributed by atoms with Gasteiger partial charge >= 0.3 is 0 Å². The quantitative estimate of drug-likeness (QED) is 0.779. The zero-order valence-electron chi connectivity index (χ0n) is 11.7. The molecule has 1 aliphatic carbocycles. The molecule has 104 valence electrons. The Bertz CT molecular complexity index is 271. The third-order valence-electron chi connectivity index (χ3n) is 4.07. The van der Waals surface area contributed by atoms with Crippen molar-refractivity contribution in [1.82, 2.24) is 10.2 Å². The maximum atomic E-state index is 11.9. The first kappa shape index (κ1) is 13.8. The van der Waals surface area contributed by atoms with Crippen molar-refractivity contribution in [2.75, 3.05) is 26.8 Å². The van der Waals surface area contributed by atoms with E-state index in [2.05, 4.69) is 17.1 Å². The van der Waals surface area contributed by atoms with Crippen LogP contribution in [0.3, 0.4) is 0 Å². The van der Waals surface area contributed by atoms with Gasteiger partial charge in [0.1, 0.15) is 0 Å². The van der Waals surface area contributed by atoms with Crippen molar-refractivity contribution < 1.29 is 9.53 Å². The second-order valence-electron chi connectivity index (χ2n) is 5.60. The highest BCUT2D eigenvalue weighted by Gasteiger charge is 2.34. The fraction of sp³-hybridized carbons (Fsp3) is 0.929. The molecule has 1 heterocycles. The van der Waals surface area contributed by atoms with Crippen molar-refractivity contribution in [2.45, 2.75) is 51.1 Å². The van der Waals surface area contributed by atoms with E-state index in [0.29, 0.717) is 23.9 Å². The minimum absolute atomic E-state index is 0.367. The van der Waals surface area contributed by atoms with E-state index in [9.17, 15) is 4.79 Å². The lowest BCUT2D eigenvalue weighted by Gasteiger charge is -2.34. The van der Waals surface area contributed by atoms with Gasteiger partial charge < -0.3 is 15.0 Å². The molecule has 4 nitrogen and oxygen atoms in total. The summed E-state index contributed by atoms with van der Waals surface area (Å²) in [6.45, 7) is 4.81. The van der Waals surface area contributed by atoms with E-state index >= 15 is 0 Å². The summed E-state index contributed by atoms with van der Waals surface area (Å²) in [6, 6.07) is 0.999. The molecule has 0 radical (unpaired) electrons. The number of carbonyl (C=O) groups is 1. The number of methoxy groups -OCH3 is 1. The van der Waals surface area contributed by atoms with Gasteiger partial charge in [-0.2, -0.15) is 0 Å². The first-order valence-electron chi connectivity index (χ1n) is 7.28. The molecule has 0 aromatic carbocycles. The molecule has 1 aliphatic heterocycles. The summed E-state index contributed by atoms with van der Waals surface area (Å²) in [6.07, 6.45) is 5.48. The van der Waals surface area contributed by atoms with E-state index in [4.69, 9.17) is 4.74 Å². The highest BCUT2D eigenvalue weighted by atomic mass is 16.5. The van der Waals surface area contributed by atoms with Gasteiger partial charge in [0.25, 0.3) is 0 Å². The normalized spacial score (nSPS) is 23.1. The first-order chi connectivity index (χ1) is 8.74. The molecule has 1 unspecified atom stereocenters. The lowest BCUT2D eigenvalue weighted by Crippen LogP contribution is -2.49. The van der Waals surface area contributed by atoms with E-state index in [-0.39, 0.29) is 0 Å². The number of piperidine rings is 1. The number of likely N-dealkylation sites (tertiary alicyclic amines) is 1. The fourth-order valence-electron chi connectivity index (χ4n) is 2.67. The van der Waals surface area contributed by atoms with Gasteiger partial charge in [0, 0.05) is 38.2 Å². The number of hydrogen-bond donors (Lipinski definition) is 1. The van der Waals surface area contributed by atoms with E-state index < -0.39 is 0 Å². The van der Waals surface area contributed by atoms with Crippen molar-refractivity contribution in [1.29, 1.82) is 0 Å². The number of nitrogens with zero attached hydrogens (tertiary/aromatic N) is 1. The van der Waals surface area contributed by atoms with Gasteiger partial charge in [0.05, 0.1) is 6.61 Å². The van der Waals surface area contributed by atoms with Crippen molar-refractivity contribution in [3.63, 3.8) is 0 Å². The molecular formula is C14H26N2O2. The van der Waals surface area contributed by atoms with Crippen molar-refractivity contribution >= 4 is 5.91 Å². The Balaban J connectivity index is 1.70. The van der Waals surface area contributed by atoms with E-state index in [0.717, 1.165) is 51.8 Å². The van der Waals surface area contributed by atoms with Gasteiger partial charge in [0.15, 0.2) is 0 Å². The van der Waals surface area contributed by atoms with Gasteiger partial charge in [-0.3, -0.25) is 4.79 Å². The second kappa shape index (κ2) is 6.53. The minimum atomic E-state index is 0.367. The molecule has 0 bridgehead atoms. The number of hydrogen-bond acceptors (Lipinski definition) is 3. The topological polar surface area (TPSA) is 41.6 Å². The molecule has 4 heteroatoms. The Labute approximate surface area is 110 Å². The number of amides is 1. The van der Waals surface area contributed by atoms with Crippen LogP contribution in [-0.2, 0) is 9.53 Å². The molecule has 2 rings (SSSR count). The van der Waals surface area contributed by atoms with Crippen molar-refractivity contribution in [2.24, 2.45) is 5.92 Å². The molecule has 2 aliphatic rings. The molecule has 2 fully saturated rings. The van der Waals surface area contributed by atoms with E-state index in [1.807, 2.05) is 0 Å². The molecule has 18 heavy (non-hydrogen) atoms. The molecule has 1 amide bonds. The van der Waals surface area contributed by atoms with Gasteiger partial charge in [-0.1, -0.05) is 6.92 Å². The fourth-order valence-corrected chi connectivity index (χ4v) is 2.67. The molecule has 1 N–H and O–H groups in total. The third-order valence-corrected chi connectivity index (χ3v) is 4.07. The van der Waals surface area contributed by atoms with Crippen LogP contribution in [0.4, 0.5) is 0 Å². The minimum Gasteiger partial charge on any atom is -0.383 e. The maximum Gasteiger partial charge on any atom is 0.225 e. The maximum absolute atomic E-state index is 11.9. The van der Waals surface area contributed by atoms with Crippen molar-refractivity contribution in [3.05, 3.63) is 0 Å². The van der Waals surface area contributed by atoms with Crippen LogP contribution < -0.4 is 5.32 Å². The standard InChI is InChI=1S/C14H26N2O2/c1-3-12(10-18-2)15-13-6-8-16(9-7-13)14(17)11-4-5-11/h11-13,15H,3-10H2,1-2H3. The summed E-state index contributed by atoms with van der Waals surface area (Å²) < 4.78 is 5.21. The zero-order chi connectivity index (χ0) is 13.0. The molecule has 0 spiro atoms. The predicted octanol–water partition coefficient (Wildman–Crippen LogP) is 1.40. The number of nitrogens with one attached hydrogen (secondary N) is 1. The highest BCUT2D eigenvalue weighted by molar-refractivity contribution is 5.81. The van der Waals surface area contributed by atoms with Crippen LogP contribution in [0.5, 0.6) is 0 Å². The summed E-state index contributed by atoms with van der Waals surface area (Å²) >= 11 is 0. The van der Waals surface area contributed by atoms with Crippen LogP contribution in [0.2, 0.25) is 0 Å².